The van der Waals surface area contributed by atoms with Crippen LogP contribution >= 0.6 is 34.8 Å². The SMILES string of the molecule is O=C(NNC(=O)C1CCCN1C(=O)c1cc(Cl)ccc1Cl)c1cc(Cl)ccc1O. The summed E-state index contributed by atoms with van der Waals surface area (Å²) < 4.78 is 0. The molecule has 152 valence electrons. The van der Waals surface area contributed by atoms with Gasteiger partial charge in [0.25, 0.3) is 17.7 Å². The summed E-state index contributed by atoms with van der Waals surface area (Å²) >= 11 is 17.9. The van der Waals surface area contributed by atoms with E-state index in [1.165, 1.54) is 35.2 Å². The summed E-state index contributed by atoms with van der Waals surface area (Å²) in [6.07, 6.45) is 1.04. The van der Waals surface area contributed by atoms with Gasteiger partial charge in [-0.1, -0.05) is 34.8 Å². The fourth-order valence-electron chi connectivity index (χ4n) is 3.06. The van der Waals surface area contributed by atoms with Crippen molar-refractivity contribution in [2.75, 3.05) is 6.54 Å². The van der Waals surface area contributed by atoms with Crippen molar-refractivity contribution in [2.24, 2.45) is 0 Å². The zero-order valence-corrected chi connectivity index (χ0v) is 17.2. The van der Waals surface area contributed by atoms with Gasteiger partial charge >= 0.3 is 0 Å². The lowest BCUT2D eigenvalue weighted by Crippen LogP contribution is -2.51. The van der Waals surface area contributed by atoms with Crippen LogP contribution in [0.1, 0.15) is 33.6 Å². The number of halogens is 3. The van der Waals surface area contributed by atoms with E-state index in [1.54, 1.807) is 6.07 Å². The lowest BCUT2D eigenvalue weighted by Gasteiger charge is -2.24. The standard InChI is InChI=1S/C19H16Cl3N3O4/c20-10-3-5-14(22)12(8-10)19(29)25-7-1-2-15(25)18(28)24-23-17(27)13-9-11(21)4-6-16(13)26/h3-6,8-9,15,26H,1-2,7H2,(H,23,27)(H,24,28). The summed E-state index contributed by atoms with van der Waals surface area (Å²) in [6, 6.07) is 7.70. The van der Waals surface area contributed by atoms with Crippen LogP contribution in [-0.4, -0.2) is 40.3 Å². The van der Waals surface area contributed by atoms with Gasteiger partial charge in [0.1, 0.15) is 11.8 Å². The van der Waals surface area contributed by atoms with E-state index in [9.17, 15) is 19.5 Å². The fourth-order valence-corrected chi connectivity index (χ4v) is 3.60. The molecule has 1 saturated heterocycles. The predicted molar refractivity (Wildman–Crippen MR) is 109 cm³/mol. The van der Waals surface area contributed by atoms with Crippen LogP contribution in [0.4, 0.5) is 0 Å². The van der Waals surface area contributed by atoms with Gasteiger partial charge in [-0.2, -0.15) is 0 Å². The minimum atomic E-state index is -0.786. The molecule has 3 N–H and O–H groups in total. The number of hydrogen-bond donors (Lipinski definition) is 3. The van der Waals surface area contributed by atoms with Gasteiger partial charge in [-0.05, 0) is 49.2 Å². The van der Waals surface area contributed by atoms with E-state index in [4.69, 9.17) is 34.8 Å². The molecule has 2 aromatic rings. The Labute approximate surface area is 181 Å². The number of likely N-dealkylation sites (tertiary alicyclic amines) is 1. The number of carbonyl (C=O) groups excluding carboxylic acids is 3. The van der Waals surface area contributed by atoms with Crippen molar-refractivity contribution < 1.29 is 19.5 Å². The number of hydrazine groups is 1. The molecule has 7 nitrogen and oxygen atoms in total. The van der Waals surface area contributed by atoms with Crippen molar-refractivity contribution in [1.29, 1.82) is 0 Å². The Morgan fingerprint density at radius 2 is 1.62 bits per heavy atom. The summed E-state index contributed by atoms with van der Waals surface area (Å²) in [5.41, 5.74) is 4.61. The number of phenols is 1. The molecule has 2 aromatic carbocycles. The second-order valence-corrected chi connectivity index (χ2v) is 7.67. The molecule has 1 aliphatic rings. The number of nitrogens with one attached hydrogen (secondary N) is 2. The van der Waals surface area contributed by atoms with Gasteiger partial charge in [-0.25, -0.2) is 0 Å². The minimum absolute atomic E-state index is 0.0946. The fraction of sp³-hybridized carbons (Fsp3) is 0.211. The summed E-state index contributed by atoms with van der Waals surface area (Å²) in [7, 11) is 0. The summed E-state index contributed by atoms with van der Waals surface area (Å²) in [5, 5.41) is 10.6. The maximum absolute atomic E-state index is 12.8. The van der Waals surface area contributed by atoms with E-state index in [1.807, 2.05) is 0 Å². The number of benzene rings is 2. The summed E-state index contributed by atoms with van der Waals surface area (Å²) in [6.45, 7) is 0.364. The van der Waals surface area contributed by atoms with Gasteiger partial charge in [0.2, 0.25) is 0 Å². The van der Waals surface area contributed by atoms with Crippen LogP contribution in [0.15, 0.2) is 36.4 Å². The van der Waals surface area contributed by atoms with E-state index in [-0.39, 0.29) is 26.9 Å². The maximum atomic E-state index is 12.8. The molecule has 10 heteroatoms. The molecule has 1 unspecified atom stereocenters. The first-order valence-electron chi connectivity index (χ1n) is 8.62. The number of amides is 3. The molecular formula is C19H16Cl3N3O4. The largest absolute Gasteiger partial charge is 0.507 e. The molecule has 0 saturated carbocycles. The van der Waals surface area contributed by atoms with Crippen LogP contribution < -0.4 is 10.9 Å². The molecule has 1 atom stereocenters. The highest BCUT2D eigenvalue weighted by molar-refractivity contribution is 6.35. The van der Waals surface area contributed by atoms with Crippen LogP contribution in [0.25, 0.3) is 0 Å². The maximum Gasteiger partial charge on any atom is 0.273 e. The Morgan fingerprint density at radius 3 is 2.34 bits per heavy atom. The molecular weight excluding hydrogens is 441 g/mol. The highest BCUT2D eigenvalue weighted by Gasteiger charge is 2.35. The molecule has 29 heavy (non-hydrogen) atoms. The lowest BCUT2D eigenvalue weighted by atomic mass is 10.1. The Hall–Kier alpha value is -2.48. The highest BCUT2D eigenvalue weighted by atomic mass is 35.5. The number of nitrogens with zero attached hydrogens (tertiary/aromatic N) is 1. The normalized spacial score (nSPS) is 15.8. The Balaban J connectivity index is 1.68. The van der Waals surface area contributed by atoms with Gasteiger partial charge < -0.3 is 10.0 Å². The molecule has 1 fully saturated rings. The van der Waals surface area contributed by atoms with E-state index in [0.29, 0.717) is 24.4 Å². The van der Waals surface area contributed by atoms with E-state index in [2.05, 4.69) is 10.9 Å². The second kappa shape index (κ2) is 8.90. The van der Waals surface area contributed by atoms with Crippen LogP contribution in [0.3, 0.4) is 0 Å². The minimum Gasteiger partial charge on any atom is -0.507 e. The van der Waals surface area contributed by atoms with Crippen LogP contribution in [0.5, 0.6) is 5.75 Å². The Morgan fingerprint density at radius 1 is 0.966 bits per heavy atom. The number of phenolic OH excluding ortho intramolecular Hbond substituents is 1. The zero-order chi connectivity index (χ0) is 21.1. The molecule has 3 rings (SSSR count). The summed E-state index contributed by atoms with van der Waals surface area (Å²) in [4.78, 5) is 39.0. The first-order valence-corrected chi connectivity index (χ1v) is 9.76. The van der Waals surface area contributed by atoms with Crippen molar-refractivity contribution in [1.82, 2.24) is 15.8 Å². The third kappa shape index (κ3) is 4.75. The van der Waals surface area contributed by atoms with Gasteiger partial charge in [-0.3, -0.25) is 25.2 Å². The van der Waals surface area contributed by atoms with E-state index in [0.717, 1.165) is 0 Å². The Bertz CT molecular complexity index is 983. The smallest absolute Gasteiger partial charge is 0.273 e. The lowest BCUT2D eigenvalue weighted by molar-refractivity contribution is -0.125. The number of rotatable bonds is 3. The number of aromatic hydroxyl groups is 1. The third-order valence-corrected chi connectivity index (χ3v) is 5.28. The number of carbonyl (C=O) groups is 3. The Kier molecular flexibility index (Phi) is 6.52. The third-order valence-electron chi connectivity index (χ3n) is 4.48. The molecule has 1 heterocycles. The van der Waals surface area contributed by atoms with Crippen molar-refractivity contribution >= 4 is 52.5 Å². The second-order valence-electron chi connectivity index (χ2n) is 6.39. The average molecular weight is 457 g/mol. The summed E-state index contributed by atoms with van der Waals surface area (Å²) in [5.74, 6) is -2.01. The quantitative estimate of drug-likeness (QED) is 0.616. The zero-order valence-electron chi connectivity index (χ0n) is 14.9. The number of hydrogen-bond acceptors (Lipinski definition) is 4. The van der Waals surface area contributed by atoms with Gasteiger partial charge in [0, 0.05) is 16.6 Å². The van der Waals surface area contributed by atoms with Gasteiger partial charge in [0.05, 0.1) is 16.1 Å². The molecule has 0 radical (unpaired) electrons. The molecule has 0 spiro atoms. The van der Waals surface area contributed by atoms with E-state index >= 15 is 0 Å². The van der Waals surface area contributed by atoms with Crippen molar-refractivity contribution in [3.05, 3.63) is 62.6 Å². The predicted octanol–water partition coefficient (Wildman–Crippen LogP) is 3.42. The van der Waals surface area contributed by atoms with Crippen LogP contribution in [0, 0.1) is 0 Å². The molecule has 3 amide bonds. The van der Waals surface area contributed by atoms with Gasteiger partial charge in [-0.15, -0.1) is 0 Å². The van der Waals surface area contributed by atoms with Crippen molar-refractivity contribution in [3.63, 3.8) is 0 Å². The van der Waals surface area contributed by atoms with E-state index < -0.39 is 23.8 Å². The molecule has 1 aliphatic heterocycles. The van der Waals surface area contributed by atoms with Gasteiger partial charge in [0.15, 0.2) is 0 Å². The average Bonchev–Trinajstić information content (AvgIpc) is 3.19. The van der Waals surface area contributed by atoms with Crippen molar-refractivity contribution in [2.45, 2.75) is 18.9 Å². The van der Waals surface area contributed by atoms with Crippen molar-refractivity contribution in [3.8, 4) is 5.75 Å². The van der Waals surface area contributed by atoms with Crippen LogP contribution in [0.2, 0.25) is 15.1 Å². The molecule has 0 bridgehead atoms. The molecule has 0 aliphatic carbocycles. The highest BCUT2D eigenvalue weighted by Crippen LogP contribution is 2.26. The molecule has 0 aromatic heterocycles. The monoisotopic (exact) mass is 455 g/mol. The first-order chi connectivity index (χ1) is 13.8. The first kappa shape index (κ1) is 21.2. The topological polar surface area (TPSA) is 98.7 Å². The van der Waals surface area contributed by atoms with Crippen LogP contribution in [-0.2, 0) is 4.79 Å².